The minimum Gasteiger partial charge on any atom is -0.310 e. The highest BCUT2D eigenvalue weighted by Crippen LogP contribution is 2.33. The third-order valence-electron chi connectivity index (χ3n) is 2.92. The van der Waals surface area contributed by atoms with Crippen LogP contribution in [0.15, 0.2) is 24.5 Å². The lowest BCUT2D eigenvalue weighted by molar-refractivity contribution is 0.449. The van der Waals surface area contributed by atoms with Gasteiger partial charge in [-0.1, -0.05) is 13.0 Å². The van der Waals surface area contributed by atoms with Crippen LogP contribution in [-0.4, -0.2) is 11.0 Å². The summed E-state index contributed by atoms with van der Waals surface area (Å²) in [7, 11) is 0. The van der Waals surface area contributed by atoms with Gasteiger partial charge in [-0.05, 0) is 36.8 Å². The SMILES string of the molecule is CCC(NCc1cccnc1)C1CC1. The largest absolute Gasteiger partial charge is 0.310 e. The zero-order valence-electron chi connectivity index (χ0n) is 8.74. The molecular formula is C12H18N2. The van der Waals surface area contributed by atoms with E-state index in [-0.39, 0.29) is 0 Å². The molecule has 1 saturated carbocycles. The summed E-state index contributed by atoms with van der Waals surface area (Å²) in [6, 6.07) is 4.84. The molecule has 14 heavy (non-hydrogen) atoms. The van der Waals surface area contributed by atoms with Crippen molar-refractivity contribution in [2.45, 2.75) is 38.8 Å². The number of nitrogens with one attached hydrogen (secondary N) is 1. The molecule has 0 amide bonds. The molecule has 1 atom stereocenters. The fourth-order valence-electron chi connectivity index (χ4n) is 1.89. The molecule has 1 fully saturated rings. The molecule has 2 rings (SSSR count). The zero-order chi connectivity index (χ0) is 9.80. The summed E-state index contributed by atoms with van der Waals surface area (Å²) in [5.41, 5.74) is 1.28. The molecule has 2 nitrogen and oxygen atoms in total. The lowest BCUT2D eigenvalue weighted by atomic mass is 10.1. The summed E-state index contributed by atoms with van der Waals surface area (Å²) in [5.74, 6) is 0.941. The first kappa shape index (κ1) is 9.66. The van der Waals surface area contributed by atoms with Gasteiger partial charge in [-0.15, -0.1) is 0 Å². The predicted octanol–water partition coefficient (Wildman–Crippen LogP) is 2.36. The van der Waals surface area contributed by atoms with Crippen molar-refractivity contribution in [2.24, 2.45) is 5.92 Å². The normalized spacial score (nSPS) is 18.1. The molecule has 1 N–H and O–H groups in total. The Labute approximate surface area is 85.7 Å². The van der Waals surface area contributed by atoms with E-state index in [0.717, 1.165) is 18.5 Å². The fourth-order valence-corrected chi connectivity index (χ4v) is 1.89. The van der Waals surface area contributed by atoms with E-state index < -0.39 is 0 Å². The van der Waals surface area contributed by atoms with Crippen molar-refractivity contribution >= 4 is 0 Å². The van der Waals surface area contributed by atoms with E-state index in [1.165, 1.54) is 24.8 Å². The second kappa shape index (κ2) is 4.56. The van der Waals surface area contributed by atoms with Crippen molar-refractivity contribution in [3.05, 3.63) is 30.1 Å². The number of hydrogen-bond donors (Lipinski definition) is 1. The lowest BCUT2D eigenvalue weighted by Crippen LogP contribution is -2.29. The van der Waals surface area contributed by atoms with Crippen molar-refractivity contribution in [2.75, 3.05) is 0 Å². The number of pyridine rings is 1. The van der Waals surface area contributed by atoms with Crippen LogP contribution in [0, 0.1) is 5.92 Å². The highest BCUT2D eigenvalue weighted by atomic mass is 14.9. The van der Waals surface area contributed by atoms with E-state index in [2.05, 4.69) is 23.3 Å². The van der Waals surface area contributed by atoms with Crippen LogP contribution in [0.25, 0.3) is 0 Å². The first-order chi connectivity index (χ1) is 6.90. The maximum absolute atomic E-state index is 4.11. The highest BCUT2D eigenvalue weighted by molar-refractivity contribution is 5.08. The predicted molar refractivity (Wildman–Crippen MR) is 57.9 cm³/mol. The summed E-state index contributed by atoms with van der Waals surface area (Å²) in [4.78, 5) is 4.11. The molecule has 0 radical (unpaired) electrons. The van der Waals surface area contributed by atoms with Gasteiger partial charge in [0.05, 0.1) is 0 Å². The fraction of sp³-hybridized carbons (Fsp3) is 0.583. The Balaban J connectivity index is 1.81. The Bertz CT molecular complexity index is 267. The first-order valence-electron chi connectivity index (χ1n) is 5.52. The van der Waals surface area contributed by atoms with Crippen LogP contribution in [0.1, 0.15) is 31.7 Å². The second-order valence-electron chi connectivity index (χ2n) is 4.09. The van der Waals surface area contributed by atoms with Gasteiger partial charge in [0.2, 0.25) is 0 Å². The highest BCUT2D eigenvalue weighted by Gasteiger charge is 2.29. The maximum atomic E-state index is 4.11. The molecule has 1 unspecified atom stereocenters. The van der Waals surface area contributed by atoms with E-state index in [4.69, 9.17) is 0 Å². The summed E-state index contributed by atoms with van der Waals surface area (Å²) in [6.45, 7) is 3.22. The van der Waals surface area contributed by atoms with Gasteiger partial charge in [0.1, 0.15) is 0 Å². The molecule has 76 valence electrons. The van der Waals surface area contributed by atoms with Gasteiger partial charge in [-0.2, -0.15) is 0 Å². The van der Waals surface area contributed by atoms with E-state index >= 15 is 0 Å². The third kappa shape index (κ3) is 2.55. The van der Waals surface area contributed by atoms with Crippen LogP contribution in [0.5, 0.6) is 0 Å². The van der Waals surface area contributed by atoms with Crippen LogP contribution < -0.4 is 5.32 Å². The third-order valence-corrected chi connectivity index (χ3v) is 2.92. The Morgan fingerprint density at radius 2 is 2.43 bits per heavy atom. The quantitative estimate of drug-likeness (QED) is 0.771. The van der Waals surface area contributed by atoms with Gasteiger partial charge in [0.25, 0.3) is 0 Å². The molecule has 0 bridgehead atoms. The Morgan fingerprint density at radius 1 is 1.57 bits per heavy atom. The molecular weight excluding hydrogens is 172 g/mol. The van der Waals surface area contributed by atoms with Crippen molar-refractivity contribution < 1.29 is 0 Å². The first-order valence-corrected chi connectivity index (χ1v) is 5.52. The summed E-state index contributed by atoms with van der Waals surface area (Å²) in [5, 5.41) is 3.61. The van der Waals surface area contributed by atoms with Gasteiger partial charge in [-0.25, -0.2) is 0 Å². The number of aromatic nitrogens is 1. The van der Waals surface area contributed by atoms with Crippen molar-refractivity contribution in [1.82, 2.24) is 10.3 Å². The maximum Gasteiger partial charge on any atom is 0.0312 e. The van der Waals surface area contributed by atoms with Crippen molar-refractivity contribution in [1.29, 1.82) is 0 Å². The topological polar surface area (TPSA) is 24.9 Å². The summed E-state index contributed by atoms with van der Waals surface area (Å²) >= 11 is 0. The average Bonchev–Trinajstić information content (AvgIpc) is 3.05. The van der Waals surface area contributed by atoms with Gasteiger partial charge in [-0.3, -0.25) is 4.98 Å². The number of nitrogens with zero attached hydrogens (tertiary/aromatic N) is 1. The van der Waals surface area contributed by atoms with Crippen LogP contribution in [-0.2, 0) is 6.54 Å². The standard InChI is InChI=1S/C12H18N2/c1-2-12(11-5-6-11)14-9-10-4-3-7-13-8-10/h3-4,7-8,11-12,14H,2,5-6,9H2,1H3. The average molecular weight is 190 g/mol. The van der Waals surface area contributed by atoms with E-state index in [9.17, 15) is 0 Å². The Hall–Kier alpha value is -0.890. The monoisotopic (exact) mass is 190 g/mol. The van der Waals surface area contributed by atoms with Crippen LogP contribution in [0.4, 0.5) is 0 Å². The van der Waals surface area contributed by atoms with Gasteiger partial charge >= 0.3 is 0 Å². The molecule has 0 saturated heterocycles. The van der Waals surface area contributed by atoms with Crippen molar-refractivity contribution in [3.8, 4) is 0 Å². The molecule has 2 heteroatoms. The van der Waals surface area contributed by atoms with E-state index in [1.807, 2.05) is 18.5 Å². The Kier molecular flexibility index (Phi) is 3.14. The van der Waals surface area contributed by atoms with Gasteiger partial charge in [0, 0.05) is 25.0 Å². The molecule has 0 aromatic carbocycles. The van der Waals surface area contributed by atoms with Crippen LogP contribution >= 0.6 is 0 Å². The summed E-state index contributed by atoms with van der Waals surface area (Å²) < 4.78 is 0. The zero-order valence-corrected chi connectivity index (χ0v) is 8.74. The number of hydrogen-bond acceptors (Lipinski definition) is 2. The smallest absolute Gasteiger partial charge is 0.0312 e. The molecule has 1 heterocycles. The molecule has 1 aromatic rings. The molecule has 1 aliphatic carbocycles. The lowest BCUT2D eigenvalue weighted by Gasteiger charge is -2.15. The molecule has 0 aliphatic heterocycles. The van der Waals surface area contributed by atoms with Crippen LogP contribution in [0.3, 0.4) is 0 Å². The molecule has 1 aromatic heterocycles. The molecule has 0 spiro atoms. The van der Waals surface area contributed by atoms with E-state index in [0.29, 0.717) is 0 Å². The minimum absolute atomic E-state index is 0.718. The second-order valence-corrected chi connectivity index (χ2v) is 4.09. The van der Waals surface area contributed by atoms with Crippen molar-refractivity contribution in [3.63, 3.8) is 0 Å². The van der Waals surface area contributed by atoms with Crippen LogP contribution in [0.2, 0.25) is 0 Å². The number of rotatable bonds is 5. The Morgan fingerprint density at radius 3 is 3.00 bits per heavy atom. The van der Waals surface area contributed by atoms with Gasteiger partial charge < -0.3 is 5.32 Å². The summed E-state index contributed by atoms with van der Waals surface area (Å²) in [6.07, 6.45) is 7.83. The van der Waals surface area contributed by atoms with E-state index in [1.54, 1.807) is 0 Å². The minimum atomic E-state index is 0.718. The van der Waals surface area contributed by atoms with Gasteiger partial charge in [0.15, 0.2) is 0 Å². The molecule has 1 aliphatic rings.